The summed E-state index contributed by atoms with van der Waals surface area (Å²) < 4.78 is 44.1. The monoisotopic (exact) mass is 543 g/mol. The predicted octanol–water partition coefficient (Wildman–Crippen LogP) is 4.17. The number of hydrazone groups is 1. The number of rotatable bonds is 12. The second kappa shape index (κ2) is 13.0. The number of carbonyl (C=O) groups excluding carboxylic acids is 1. The molecule has 3 rings (SSSR count). The fraction of sp³-hybridized carbons (Fsp3) is 0.231. The van der Waals surface area contributed by atoms with Gasteiger partial charge in [0.05, 0.1) is 37.6 Å². The van der Waals surface area contributed by atoms with Crippen molar-refractivity contribution in [2.45, 2.75) is 16.7 Å². The summed E-state index contributed by atoms with van der Waals surface area (Å²) in [6.45, 7) is 1.84. The Kier molecular flexibility index (Phi) is 9.81. The topological polar surface area (TPSA) is 107 Å². The highest BCUT2D eigenvalue weighted by Gasteiger charge is 2.27. The Balaban J connectivity index is 1.86. The number of amides is 1. The maximum Gasteiger partial charge on any atom is 0.264 e. The van der Waals surface area contributed by atoms with Crippen molar-refractivity contribution < 1.29 is 27.4 Å². The van der Waals surface area contributed by atoms with Gasteiger partial charge in [-0.2, -0.15) is 5.10 Å². The second-order valence-corrected chi connectivity index (χ2v) is 10.3. The molecule has 0 aliphatic rings. The molecule has 0 heterocycles. The second-order valence-electron chi connectivity index (χ2n) is 7.52. The molecule has 11 heteroatoms. The molecule has 37 heavy (non-hydrogen) atoms. The number of hydrogen-bond acceptors (Lipinski definition) is 8. The summed E-state index contributed by atoms with van der Waals surface area (Å²) in [6.07, 6.45) is 3.30. The van der Waals surface area contributed by atoms with E-state index < -0.39 is 22.5 Å². The van der Waals surface area contributed by atoms with Crippen LogP contribution in [-0.2, 0) is 14.8 Å². The molecule has 9 nitrogen and oxygen atoms in total. The van der Waals surface area contributed by atoms with E-state index in [1.54, 1.807) is 54.6 Å². The summed E-state index contributed by atoms with van der Waals surface area (Å²) in [5.41, 5.74) is 3.28. The van der Waals surface area contributed by atoms with Gasteiger partial charge in [-0.05, 0) is 79.9 Å². The molecule has 0 unspecified atom stereocenters. The van der Waals surface area contributed by atoms with Gasteiger partial charge in [0, 0.05) is 10.5 Å². The molecule has 0 saturated carbocycles. The average Bonchev–Trinajstić information content (AvgIpc) is 2.92. The van der Waals surface area contributed by atoms with Crippen LogP contribution in [0.15, 0.2) is 81.6 Å². The van der Waals surface area contributed by atoms with E-state index in [2.05, 4.69) is 10.5 Å². The Morgan fingerprint density at radius 2 is 1.68 bits per heavy atom. The first-order valence-electron chi connectivity index (χ1n) is 11.3. The number of sulfonamides is 1. The van der Waals surface area contributed by atoms with Crippen LogP contribution in [0.1, 0.15) is 12.5 Å². The fourth-order valence-corrected chi connectivity index (χ4v) is 5.17. The first-order chi connectivity index (χ1) is 17.8. The van der Waals surface area contributed by atoms with Gasteiger partial charge in [0.1, 0.15) is 23.8 Å². The highest BCUT2D eigenvalue weighted by molar-refractivity contribution is 7.98. The molecule has 0 fully saturated rings. The molecule has 0 aliphatic carbocycles. The van der Waals surface area contributed by atoms with Crippen molar-refractivity contribution in [2.24, 2.45) is 5.10 Å². The van der Waals surface area contributed by atoms with Gasteiger partial charge in [0.15, 0.2) is 0 Å². The predicted molar refractivity (Wildman–Crippen MR) is 146 cm³/mol. The third kappa shape index (κ3) is 7.17. The van der Waals surface area contributed by atoms with Gasteiger partial charge >= 0.3 is 0 Å². The summed E-state index contributed by atoms with van der Waals surface area (Å²) >= 11 is 1.50. The van der Waals surface area contributed by atoms with E-state index in [1.807, 2.05) is 13.2 Å². The number of thioether (sulfide) groups is 1. The molecule has 0 bridgehead atoms. The number of hydrogen-bond donors (Lipinski definition) is 1. The first kappa shape index (κ1) is 27.9. The standard InChI is InChI=1S/C26H29N3O6S2/c1-5-35-21-8-6-20(7-9-21)29(37(31,32)24-13-11-23(36-4)12-14-24)18-26(30)28-27-17-19-16-22(33-2)10-15-25(19)34-3/h6-17H,5,18H2,1-4H3,(H,28,30)/b27-17-. The fourth-order valence-electron chi connectivity index (χ4n) is 3.35. The van der Waals surface area contributed by atoms with E-state index in [0.29, 0.717) is 35.1 Å². The number of nitrogens with one attached hydrogen (secondary N) is 1. The van der Waals surface area contributed by atoms with Crippen molar-refractivity contribution in [1.82, 2.24) is 5.43 Å². The van der Waals surface area contributed by atoms with Crippen molar-refractivity contribution in [3.63, 3.8) is 0 Å². The largest absolute Gasteiger partial charge is 0.497 e. The van der Waals surface area contributed by atoms with Crippen LogP contribution >= 0.6 is 11.8 Å². The lowest BCUT2D eigenvalue weighted by Gasteiger charge is -2.24. The third-order valence-electron chi connectivity index (χ3n) is 5.20. The molecule has 3 aromatic carbocycles. The van der Waals surface area contributed by atoms with Gasteiger partial charge in [0.2, 0.25) is 0 Å². The lowest BCUT2D eigenvalue weighted by Crippen LogP contribution is -2.39. The van der Waals surface area contributed by atoms with Gasteiger partial charge in [-0.1, -0.05) is 0 Å². The van der Waals surface area contributed by atoms with Gasteiger partial charge in [-0.3, -0.25) is 9.10 Å². The Labute approximate surface area is 221 Å². The number of methoxy groups -OCH3 is 2. The lowest BCUT2D eigenvalue weighted by molar-refractivity contribution is -0.119. The lowest BCUT2D eigenvalue weighted by atomic mass is 10.2. The van der Waals surface area contributed by atoms with Crippen LogP contribution in [0.25, 0.3) is 0 Å². The molecule has 0 aromatic heterocycles. The minimum atomic E-state index is -4.06. The van der Waals surface area contributed by atoms with Gasteiger partial charge in [-0.25, -0.2) is 13.8 Å². The van der Waals surface area contributed by atoms with Crippen LogP contribution in [0.3, 0.4) is 0 Å². The quantitative estimate of drug-likeness (QED) is 0.208. The van der Waals surface area contributed by atoms with Crippen molar-refractivity contribution in [3.05, 3.63) is 72.3 Å². The zero-order valence-corrected chi connectivity index (χ0v) is 22.6. The molecule has 0 radical (unpaired) electrons. The minimum absolute atomic E-state index is 0.0663. The van der Waals surface area contributed by atoms with E-state index in [0.717, 1.165) is 9.20 Å². The first-order valence-corrected chi connectivity index (χ1v) is 13.9. The zero-order valence-electron chi connectivity index (χ0n) is 21.0. The summed E-state index contributed by atoms with van der Waals surface area (Å²) in [5, 5.41) is 3.98. The minimum Gasteiger partial charge on any atom is -0.497 e. The number of anilines is 1. The molecule has 0 saturated heterocycles. The summed E-state index contributed by atoms with van der Waals surface area (Å²) in [6, 6.07) is 18.1. The van der Waals surface area contributed by atoms with Crippen LogP contribution in [-0.4, -0.2) is 54.2 Å². The summed E-state index contributed by atoms with van der Waals surface area (Å²) in [5.74, 6) is 1.09. The summed E-state index contributed by atoms with van der Waals surface area (Å²) in [4.78, 5) is 13.8. The van der Waals surface area contributed by atoms with Gasteiger partial charge in [0.25, 0.3) is 15.9 Å². The van der Waals surface area contributed by atoms with Crippen molar-refractivity contribution >= 4 is 39.6 Å². The third-order valence-corrected chi connectivity index (χ3v) is 7.73. The molecule has 3 aromatic rings. The molecule has 0 atom stereocenters. The molecule has 0 spiro atoms. The van der Waals surface area contributed by atoms with E-state index in [9.17, 15) is 13.2 Å². The van der Waals surface area contributed by atoms with Crippen LogP contribution in [0.4, 0.5) is 5.69 Å². The van der Waals surface area contributed by atoms with E-state index >= 15 is 0 Å². The smallest absolute Gasteiger partial charge is 0.264 e. The maximum absolute atomic E-state index is 13.6. The maximum atomic E-state index is 13.6. The van der Waals surface area contributed by atoms with Crippen molar-refractivity contribution in [1.29, 1.82) is 0 Å². The van der Waals surface area contributed by atoms with Gasteiger partial charge in [-0.15, -0.1) is 11.8 Å². The normalized spacial score (nSPS) is 11.2. The Hall–Kier alpha value is -3.70. The highest BCUT2D eigenvalue weighted by atomic mass is 32.2. The van der Waals surface area contributed by atoms with Gasteiger partial charge < -0.3 is 14.2 Å². The van der Waals surface area contributed by atoms with Crippen LogP contribution in [0.2, 0.25) is 0 Å². The molecular formula is C26H29N3O6S2. The van der Waals surface area contributed by atoms with E-state index in [1.165, 1.54) is 44.3 Å². The van der Waals surface area contributed by atoms with Crippen LogP contribution in [0, 0.1) is 0 Å². The molecule has 0 aliphatic heterocycles. The number of nitrogens with zero attached hydrogens (tertiary/aromatic N) is 2. The molecular weight excluding hydrogens is 514 g/mol. The van der Waals surface area contributed by atoms with Crippen LogP contribution < -0.4 is 23.9 Å². The Bertz CT molecular complexity index is 1330. The van der Waals surface area contributed by atoms with Crippen LogP contribution in [0.5, 0.6) is 17.2 Å². The Morgan fingerprint density at radius 3 is 2.27 bits per heavy atom. The van der Waals surface area contributed by atoms with Crippen molar-refractivity contribution in [3.8, 4) is 17.2 Å². The summed E-state index contributed by atoms with van der Waals surface area (Å²) in [7, 11) is -1.01. The average molecular weight is 544 g/mol. The SMILES string of the molecule is CCOc1ccc(N(CC(=O)N/N=C\c2cc(OC)ccc2OC)S(=O)(=O)c2ccc(SC)cc2)cc1. The molecule has 196 valence electrons. The number of ether oxygens (including phenoxy) is 3. The molecule has 1 N–H and O–H groups in total. The van der Waals surface area contributed by atoms with E-state index in [-0.39, 0.29) is 4.90 Å². The van der Waals surface area contributed by atoms with Crippen molar-refractivity contribution in [2.75, 3.05) is 37.9 Å². The Morgan fingerprint density at radius 1 is 1.00 bits per heavy atom. The number of benzene rings is 3. The highest BCUT2D eigenvalue weighted by Crippen LogP contribution is 2.27. The number of carbonyl (C=O) groups is 1. The van der Waals surface area contributed by atoms with E-state index in [4.69, 9.17) is 14.2 Å². The molecule has 1 amide bonds. The zero-order chi connectivity index (χ0) is 26.8.